The molecule has 19 heavy (non-hydrogen) atoms. The lowest BCUT2D eigenvalue weighted by Gasteiger charge is -2.11. The van der Waals surface area contributed by atoms with Gasteiger partial charge in [0.15, 0.2) is 0 Å². The van der Waals surface area contributed by atoms with Crippen LogP contribution < -0.4 is 15.4 Å². The first-order valence-electron chi connectivity index (χ1n) is 5.32. The molecule has 0 amide bonds. The number of hydrogen-bond acceptors (Lipinski definition) is 6. The third-order valence-corrected chi connectivity index (χ3v) is 2.90. The number of rotatable bonds is 4. The fourth-order valence-electron chi connectivity index (χ4n) is 1.42. The van der Waals surface area contributed by atoms with Crippen molar-refractivity contribution in [2.75, 3.05) is 24.8 Å². The van der Waals surface area contributed by atoms with E-state index in [1.807, 2.05) is 18.2 Å². The molecule has 0 unspecified atom stereocenters. The van der Waals surface area contributed by atoms with Crippen LogP contribution in [0.3, 0.4) is 0 Å². The first-order chi connectivity index (χ1) is 9.12. The van der Waals surface area contributed by atoms with Crippen molar-refractivity contribution in [3.05, 3.63) is 28.0 Å². The molecule has 2 rings (SSSR count). The molecule has 100 valence electrons. The Morgan fingerprint density at radius 2 is 1.95 bits per heavy atom. The molecule has 0 fully saturated rings. The summed E-state index contributed by atoms with van der Waals surface area (Å²) in [7, 11) is 3.29. The van der Waals surface area contributed by atoms with Crippen LogP contribution in [-0.4, -0.2) is 29.1 Å². The quantitative estimate of drug-likeness (QED) is 0.888. The Labute approximate surface area is 123 Å². The fourth-order valence-corrected chi connectivity index (χ4v) is 1.94. The maximum atomic E-state index is 5.82. The van der Waals surface area contributed by atoms with Gasteiger partial charge >= 0.3 is 0 Å². The average molecular weight is 345 g/mol. The molecule has 2 aromatic rings. The minimum Gasteiger partial charge on any atom is -0.495 e. The van der Waals surface area contributed by atoms with E-state index in [4.69, 9.17) is 16.3 Å². The standard InChI is InChI=1S/C11H11BrClN5O/c1-14-10-16-9(13)17-11(18-10)15-7-5-6(12)3-4-8(7)19-2/h3-5H,1-2H3,(H2,14,15,16,17,18). The number of benzene rings is 1. The molecule has 8 heteroatoms. The third kappa shape index (κ3) is 3.45. The predicted molar refractivity (Wildman–Crippen MR) is 78.4 cm³/mol. The molecular formula is C11H11BrClN5O. The molecule has 0 atom stereocenters. The lowest BCUT2D eigenvalue weighted by atomic mass is 10.3. The van der Waals surface area contributed by atoms with E-state index in [2.05, 4.69) is 41.5 Å². The molecular weight excluding hydrogens is 334 g/mol. The van der Waals surface area contributed by atoms with Crippen molar-refractivity contribution in [3.8, 4) is 5.75 Å². The SMILES string of the molecule is CNc1nc(Cl)nc(Nc2cc(Br)ccc2OC)n1. The van der Waals surface area contributed by atoms with Crippen LogP contribution in [0.2, 0.25) is 5.28 Å². The van der Waals surface area contributed by atoms with E-state index in [1.165, 1.54) is 0 Å². The second-order valence-corrected chi connectivity index (χ2v) is 4.72. The molecule has 0 saturated heterocycles. The molecule has 6 nitrogen and oxygen atoms in total. The Morgan fingerprint density at radius 1 is 1.21 bits per heavy atom. The van der Waals surface area contributed by atoms with Gasteiger partial charge in [-0.2, -0.15) is 15.0 Å². The van der Waals surface area contributed by atoms with Crippen molar-refractivity contribution in [1.29, 1.82) is 0 Å². The van der Waals surface area contributed by atoms with Gasteiger partial charge in [0.2, 0.25) is 17.2 Å². The fraction of sp³-hybridized carbons (Fsp3) is 0.182. The van der Waals surface area contributed by atoms with Crippen molar-refractivity contribution in [3.63, 3.8) is 0 Å². The van der Waals surface area contributed by atoms with E-state index < -0.39 is 0 Å². The van der Waals surface area contributed by atoms with Gasteiger partial charge in [0.25, 0.3) is 0 Å². The minimum absolute atomic E-state index is 0.107. The number of hydrogen-bond donors (Lipinski definition) is 2. The second kappa shape index (κ2) is 6.03. The highest BCUT2D eigenvalue weighted by Crippen LogP contribution is 2.29. The smallest absolute Gasteiger partial charge is 0.233 e. The number of aromatic nitrogens is 3. The van der Waals surface area contributed by atoms with E-state index in [0.717, 1.165) is 10.2 Å². The van der Waals surface area contributed by atoms with Gasteiger partial charge < -0.3 is 15.4 Å². The van der Waals surface area contributed by atoms with Crippen molar-refractivity contribution in [1.82, 2.24) is 15.0 Å². The molecule has 0 bridgehead atoms. The maximum absolute atomic E-state index is 5.82. The highest BCUT2D eigenvalue weighted by Gasteiger charge is 2.08. The van der Waals surface area contributed by atoms with Crippen LogP contribution in [0, 0.1) is 0 Å². The molecule has 0 aliphatic rings. The zero-order chi connectivity index (χ0) is 13.8. The largest absolute Gasteiger partial charge is 0.495 e. The first kappa shape index (κ1) is 13.8. The minimum atomic E-state index is 0.107. The Morgan fingerprint density at radius 3 is 2.63 bits per heavy atom. The molecule has 1 aromatic heterocycles. The topological polar surface area (TPSA) is 72.0 Å². The summed E-state index contributed by atoms with van der Waals surface area (Å²) in [4.78, 5) is 12.1. The van der Waals surface area contributed by atoms with Crippen molar-refractivity contribution >= 4 is 45.1 Å². The van der Waals surface area contributed by atoms with Crippen LogP contribution >= 0.6 is 27.5 Å². The molecule has 2 N–H and O–H groups in total. The number of methoxy groups -OCH3 is 1. The van der Waals surface area contributed by atoms with Gasteiger partial charge in [-0.25, -0.2) is 0 Å². The monoisotopic (exact) mass is 343 g/mol. The van der Waals surface area contributed by atoms with E-state index in [1.54, 1.807) is 14.2 Å². The van der Waals surface area contributed by atoms with Gasteiger partial charge in [-0.3, -0.25) is 0 Å². The summed E-state index contributed by atoms with van der Waals surface area (Å²) < 4.78 is 6.16. The number of anilines is 3. The summed E-state index contributed by atoms with van der Waals surface area (Å²) in [5.41, 5.74) is 0.723. The number of nitrogens with zero attached hydrogens (tertiary/aromatic N) is 3. The average Bonchev–Trinajstić information content (AvgIpc) is 2.38. The second-order valence-electron chi connectivity index (χ2n) is 3.47. The summed E-state index contributed by atoms with van der Waals surface area (Å²) in [6, 6.07) is 5.56. The zero-order valence-corrected chi connectivity index (χ0v) is 12.6. The summed E-state index contributed by atoms with van der Waals surface area (Å²) in [5, 5.41) is 5.95. The molecule has 1 aromatic carbocycles. The van der Waals surface area contributed by atoms with E-state index >= 15 is 0 Å². The van der Waals surface area contributed by atoms with E-state index in [9.17, 15) is 0 Å². The van der Waals surface area contributed by atoms with E-state index in [-0.39, 0.29) is 5.28 Å². The van der Waals surface area contributed by atoms with Crippen molar-refractivity contribution in [2.45, 2.75) is 0 Å². The number of nitrogens with one attached hydrogen (secondary N) is 2. The normalized spacial score (nSPS) is 10.1. The van der Waals surface area contributed by atoms with Crippen LogP contribution in [0.1, 0.15) is 0 Å². The van der Waals surface area contributed by atoms with Crippen molar-refractivity contribution < 1.29 is 4.74 Å². The Balaban J connectivity index is 2.35. The van der Waals surface area contributed by atoms with Gasteiger partial charge in [0.05, 0.1) is 12.8 Å². The molecule has 0 radical (unpaired) electrons. The lowest BCUT2D eigenvalue weighted by molar-refractivity contribution is 0.416. The Bertz CT molecular complexity index is 595. The van der Waals surface area contributed by atoms with Gasteiger partial charge in [0, 0.05) is 11.5 Å². The van der Waals surface area contributed by atoms with E-state index in [0.29, 0.717) is 17.6 Å². The predicted octanol–water partition coefficient (Wildman–Crippen LogP) is 3.08. The Hall–Kier alpha value is -1.60. The summed E-state index contributed by atoms with van der Waals surface area (Å²) >= 11 is 9.21. The van der Waals surface area contributed by atoms with Crippen LogP contribution in [-0.2, 0) is 0 Å². The van der Waals surface area contributed by atoms with Gasteiger partial charge in [0.1, 0.15) is 5.75 Å². The highest BCUT2D eigenvalue weighted by atomic mass is 79.9. The van der Waals surface area contributed by atoms with Crippen LogP contribution in [0.25, 0.3) is 0 Å². The van der Waals surface area contributed by atoms with Crippen LogP contribution in [0.4, 0.5) is 17.6 Å². The molecule has 0 spiro atoms. The Kier molecular flexibility index (Phi) is 4.39. The molecule has 0 saturated carbocycles. The summed E-state index contributed by atoms with van der Waals surface area (Å²) in [6.45, 7) is 0. The molecule has 0 aliphatic carbocycles. The number of halogens is 2. The highest BCUT2D eigenvalue weighted by molar-refractivity contribution is 9.10. The summed E-state index contributed by atoms with van der Waals surface area (Å²) in [5.74, 6) is 1.39. The molecule has 1 heterocycles. The van der Waals surface area contributed by atoms with Gasteiger partial charge in [-0.15, -0.1) is 0 Å². The summed E-state index contributed by atoms with van der Waals surface area (Å²) in [6.07, 6.45) is 0. The molecule has 0 aliphatic heterocycles. The zero-order valence-electron chi connectivity index (χ0n) is 10.2. The number of ether oxygens (including phenoxy) is 1. The van der Waals surface area contributed by atoms with Crippen LogP contribution in [0.15, 0.2) is 22.7 Å². The third-order valence-electron chi connectivity index (χ3n) is 2.24. The van der Waals surface area contributed by atoms with Gasteiger partial charge in [-0.05, 0) is 29.8 Å². The first-order valence-corrected chi connectivity index (χ1v) is 6.49. The maximum Gasteiger partial charge on any atom is 0.233 e. The van der Waals surface area contributed by atoms with Gasteiger partial charge in [-0.1, -0.05) is 15.9 Å². The van der Waals surface area contributed by atoms with Crippen LogP contribution in [0.5, 0.6) is 5.75 Å². The van der Waals surface area contributed by atoms with Crippen molar-refractivity contribution in [2.24, 2.45) is 0 Å². The lowest BCUT2D eigenvalue weighted by Crippen LogP contribution is -2.04.